The Morgan fingerprint density at radius 1 is 1.46 bits per heavy atom. The van der Waals surface area contributed by atoms with E-state index in [4.69, 9.17) is 0 Å². The van der Waals surface area contributed by atoms with E-state index in [1.807, 2.05) is 19.0 Å². The Bertz CT molecular complexity index is 215. The van der Waals surface area contributed by atoms with Crippen LogP contribution in [0.2, 0.25) is 0 Å². The van der Waals surface area contributed by atoms with Crippen LogP contribution in [-0.2, 0) is 9.59 Å². The second kappa shape index (κ2) is 4.23. The highest BCUT2D eigenvalue weighted by atomic mass is 16.2. The van der Waals surface area contributed by atoms with E-state index in [1.54, 1.807) is 4.90 Å². The summed E-state index contributed by atoms with van der Waals surface area (Å²) in [6.07, 6.45) is 0. The van der Waals surface area contributed by atoms with Gasteiger partial charge in [0.1, 0.15) is 0 Å². The van der Waals surface area contributed by atoms with Crippen LogP contribution in [0, 0.1) is 0 Å². The molecule has 1 fully saturated rings. The molecule has 0 unspecified atom stereocenters. The molecule has 0 atom stereocenters. The van der Waals surface area contributed by atoms with Crippen molar-refractivity contribution in [1.82, 2.24) is 15.1 Å². The first-order chi connectivity index (χ1) is 6.09. The monoisotopic (exact) mass is 185 g/mol. The predicted molar refractivity (Wildman–Crippen MR) is 48.1 cm³/mol. The Hall–Kier alpha value is -1.10. The minimum atomic E-state index is -0.0710. The summed E-state index contributed by atoms with van der Waals surface area (Å²) in [6, 6.07) is 0. The lowest BCUT2D eigenvalue weighted by Gasteiger charge is -2.27. The molecule has 74 valence electrons. The van der Waals surface area contributed by atoms with Gasteiger partial charge in [0.25, 0.3) is 0 Å². The fourth-order valence-corrected chi connectivity index (χ4v) is 1.13. The van der Waals surface area contributed by atoms with E-state index < -0.39 is 0 Å². The third-order valence-electron chi connectivity index (χ3n) is 1.94. The minimum absolute atomic E-state index is 0.00134. The summed E-state index contributed by atoms with van der Waals surface area (Å²) in [7, 11) is 3.88. The van der Waals surface area contributed by atoms with E-state index in [2.05, 4.69) is 5.32 Å². The first-order valence-electron chi connectivity index (χ1n) is 4.29. The number of nitrogens with one attached hydrogen (secondary N) is 1. The smallest absolute Gasteiger partial charge is 0.242 e. The van der Waals surface area contributed by atoms with Crippen molar-refractivity contribution in [3.8, 4) is 0 Å². The van der Waals surface area contributed by atoms with Crippen LogP contribution in [0.5, 0.6) is 0 Å². The molecule has 1 aliphatic heterocycles. The topological polar surface area (TPSA) is 52.6 Å². The molecule has 13 heavy (non-hydrogen) atoms. The molecule has 1 aliphatic rings. The van der Waals surface area contributed by atoms with Gasteiger partial charge in [-0.15, -0.1) is 0 Å². The van der Waals surface area contributed by atoms with Gasteiger partial charge in [0, 0.05) is 13.1 Å². The molecule has 0 aromatic heterocycles. The number of carbonyl (C=O) groups is 2. The molecule has 0 aromatic rings. The van der Waals surface area contributed by atoms with Crippen LogP contribution in [0.3, 0.4) is 0 Å². The van der Waals surface area contributed by atoms with Crippen molar-refractivity contribution in [2.75, 3.05) is 40.3 Å². The van der Waals surface area contributed by atoms with Gasteiger partial charge in [-0.1, -0.05) is 0 Å². The first kappa shape index (κ1) is 9.98. The number of rotatable bonds is 3. The number of piperazine rings is 1. The van der Waals surface area contributed by atoms with Gasteiger partial charge in [0.2, 0.25) is 11.8 Å². The summed E-state index contributed by atoms with van der Waals surface area (Å²) >= 11 is 0. The maximum absolute atomic E-state index is 11.2. The van der Waals surface area contributed by atoms with Crippen LogP contribution >= 0.6 is 0 Å². The lowest BCUT2D eigenvalue weighted by atomic mass is 10.3. The van der Waals surface area contributed by atoms with E-state index in [9.17, 15) is 9.59 Å². The molecule has 1 rings (SSSR count). The molecule has 2 amide bonds. The van der Waals surface area contributed by atoms with Gasteiger partial charge in [-0.2, -0.15) is 0 Å². The molecule has 0 bridgehead atoms. The summed E-state index contributed by atoms with van der Waals surface area (Å²) in [6.45, 7) is 1.76. The summed E-state index contributed by atoms with van der Waals surface area (Å²) in [4.78, 5) is 25.8. The van der Waals surface area contributed by atoms with Gasteiger partial charge in [-0.3, -0.25) is 9.59 Å². The van der Waals surface area contributed by atoms with Crippen LogP contribution in [0.25, 0.3) is 0 Å². The van der Waals surface area contributed by atoms with Crippen LogP contribution in [0.1, 0.15) is 0 Å². The second-order valence-corrected chi connectivity index (χ2v) is 3.40. The van der Waals surface area contributed by atoms with Gasteiger partial charge >= 0.3 is 0 Å². The van der Waals surface area contributed by atoms with Crippen LogP contribution in [-0.4, -0.2) is 61.9 Å². The van der Waals surface area contributed by atoms with Crippen molar-refractivity contribution in [1.29, 1.82) is 0 Å². The Balaban J connectivity index is 2.38. The largest absolute Gasteiger partial charge is 0.345 e. The van der Waals surface area contributed by atoms with E-state index in [0.717, 1.165) is 6.54 Å². The third-order valence-corrected chi connectivity index (χ3v) is 1.94. The number of hydrogen-bond donors (Lipinski definition) is 1. The van der Waals surface area contributed by atoms with Crippen LogP contribution in [0.4, 0.5) is 0 Å². The maximum atomic E-state index is 11.2. The fraction of sp³-hybridized carbons (Fsp3) is 0.750. The molecule has 0 aliphatic carbocycles. The van der Waals surface area contributed by atoms with Gasteiger partial charge in [0.15, 0.2) is 0 Å². The third kappa shape index (κ3) is 3.02. The van der Waals surface area contributed by atoms with E-state index in [-0.39, 0.29) is 24.9 Å². The summed E-state index contributed by atoms with van der Waals surface area (Å²) in [5.74, 6) is -0.0696. The molecule has 0 spiro atoms. The van der Waals surface area contributed by atoms with E-state index in [1.165, 1.54) is 0 Å². The molecule has 5 nitrogen and oxygen atoms in total. The van der Waals surface area contributed by atoms with Crippen molar-refractivity contribution < 1.29 is 9.59 Å². The van der Waals surface area contributed by atoms with Crippen molar-refractivity contribution in [3.05, 3.63) is 0 Å². The second-order valence-electron chi connectivity index (χ2n) is 3.40. The minimum Gasteiger partial charge on any atom is -0.345 e. The van der Waals surface area contributed by atoms with E-state index >= 15 is 0 Å². The first-order valence-corrected chi connectivity index (χ1v) is 4.29. The highest BCUT2D eigenvalue weighted by Crippen LogP contribution is 1.95. The summed E-state index contributed by atoms with van der Waals surface area (Å²) < 4.78 is 0. The van der Waals surface area contributed by atoms with Gasteiger partial charge in [-0.05, 0) is 14.1 Å². The molecule has 0 saturated carbocycles. The Labute approximate surface area is 77.7 Å². The zero-order valence-corrected chi connectivity index (χ0v) is 8.04. The number of amides is 2. The number of nitrogens with zero attached hydrogens (tertiary/aromatic N) is 2. The molecular weight excluding hydrogens is 170 g/mol. The van der Waals surface area contributed by atoms with Gasteiger partial charge in [-0.25, -0.2) is 0 Å². The lowest BCUT2D eigenvalue weighted by molar-refractivity contribution is -0.140. The van der Waals surface area contributed by atoms with Gasteiger partial charge < -0.3 is 15.1 Å². The average Bonchev–Trinajstić information content (AvgIpc) is 2.06. The normalized spacial score (nSPS) is 17.9. The standard InChI is InChI=1S/C8H15N3O2/c1-10(2)3-4-11-6-7(12)9-5-8(11)13/h3-6H2,1-2H3,(H,9,12). The molecular formula is C8H15N3O2. The number of likely N-dealkylation sites (N-methyl/N-ethyl adjacent to an activating group) is 1. The van der Waals surface area contributed by atoms with Crippen molar-refractivity contribution in [2.24, 2.45) is 0 Å². The number of hydrogen-bond acceptors (Lipinski definition) is 3. The van der Waals surface area contributed by atoms with E-state index in [0.29, 0.717) is 6.54 Å². The molecule has 1 saturated heterocycles. The lowest BCUT2D eigenvalue weighted by Crippen LogP contribution is -2.52. The zero-order chi connectivity index (χ0) is 9.84. The fourth-order valence-electron chi connectivity index (χ4n) is 1.13. The van der Waals surface area contributed by atoms with Gasteiger partial charge in [0.05, 0.1) is 13.1 Å². The van der Waals surface area contributed by atoms with Crippen molar-refractivity contribution in [3.63, 3.8) is 0 Å². The Morgan fingerprint density at radius 3 is 2.77 bits per heavy atom. The zero-order valence-electron chi connectivity index (χ0n) is 8.04. The summed E-state index contributed by atoms with van der Waals surface area (Å²) in [5.41, 5.74) is 0. The molecule has 1 N–H and O–H groups in total. The molecule has 0 aromatic carbocycles. The highest BCUT2D eigenvalue weighted by molar-refractivity contribution is 5.92. The van der Waals surface area contributed by atoms with Crippen molar-refractivity contribution in [2.45, 2.75) is 0 Å². The van der Waals surface area contributed by atoms with Crippen molar-refractivity contribution >= 4 is 11.8 Å². The summed E-state index contributed by atoms with van der Waals surface area (Å²) in [5, 5.41) is 2.51. The average molecular weight is 185 g/mol. The molecule has 1 heterocycles. The Morgan fingerprint density at radius 2 is 2.15 bits per heavy atom. The number of carbonyl (C=O) groups excluding carboxylic acids is 2. The highest BCUT2D eigenvalue weighted by Gasteiger charge is 2.22. The Kier molecular flexibility index (Phi) is 3.25. The van der Waals surface area contributed by atoms with Crippen LogP contribution < -0.4 is 5.32 Å². The maximum Gasteiger partial charge on any atom is 0.242 e. The predicted octanol–water partition coefficient (Wildman–Crippen LogP) is -1.49. The SMILES string of the molecule is CN(C)CCN1CC(=O)NCC1=O. The molecule has 0 radical (unpaired) electrons. The van der Waals surface area contributed by atoms with Crippen LogP contribution in [0.15, 0.2) is 0 Å². The quantitative estimate of drug-likeness (QED) is 0.582. The molecule has 5 heteroatoms.